The summed E-state index contributed by atoms with van der Waals surface area (Å²) in [6, 6.07) is 3.52. The van der Waals surface area contributed by atoms with Gasteiger partial charge in [-0.3, -0.25) is 4.79 Å². The first-order valence-electron chi connectivity index (χ1n) is 5.38. The number of hydrogen-bond donors (Lipinski definition) is 1. The summed E-state index contributed by atoms with van der Waals surface area (Å²) < 4.78 is 26.1. The zero-order chi connectivity index (χ0) is 12.8. The highest BCUT2D eigenvalue weighted by Crippen LogP contribution is 2.11. The van der Waals surface area contributed by atoms with Crippen LogP contribution in [0.25, 0.3) is 0 Å². The van der Waals surface area contributed by atoms with E-state index in [4.69, 9.17) is 11.6 Å². The minimum absolute atomic E-state index is 0.0396. The highest BCUT2D eigenvalue weighted by Gasteiger charge is 2.14. The lowest BCUT2D eigenvalue weighted by molar-refractivity contribution is 0.0948. The Morgan fingerprint density at radius 1 is 1.47 bits per heavy atom. The molecule has 94 valence electrons. The van der Waals surface area contributed by atoms with Crippen LogP contribution in [0.15, 0.2) is 18.2 Å². The van der Waals surface area contributed by atoms with Crippen molar-refractivity contribution in [3.8, 4) is 0 Å². The molecule has 1 unspecified atom stereocenters. The number of carbonyl (C=O) groups is 1. The van der Waals surface area contributed by atoms with Gasteiger partial charge in [0.25, 0.3) is 5.91 Å². The van der Waals surface area contributed by atoms with Gasteiger partial charge < -0.3 is 5.32 Å². The average molecular weight is 262 g/mol. The van der Waals surface area contributed by atoms with Crippen molar-refractivity contribution in [3.05, 3.63) is 35.4 Å². The first-order chi connectivity index (χ1) is 8.02. The smallest absolute Gasteiger partial charge is 0.254 e. The Hall–Kier alpha value is -1.16. The molecule has 0 radical (unpaired) electrons. The number of rotatable bonds is 5. The molecular formula is C12H14ClF2NO. The van der Waals surface area contributed by atoms with Gasteiger partial charge in [-0.05, 0) is 31.9 Å². The molecule has 0 saturated heterocycles. The molecule has 17 heavy (non-hydrogen) atoms. The Kier molecular flexibility index (Phi) is 5.35. The monoisotopic (exact) mass is 261 g/mol. The van der Waals surface area contributed by atoms with Gasteiger partial charge in [0.2, 0.25) is 0 Å². The quantitative estimate of drug-likeness (QED) is 0.640. The van der Waals surface area contributed by atoms with E-state index in [1.54, 1.807) is 0 Å². The van der Waals surface area contributed by atoms with Crippen molar-refractivity contribution in [2.24, 2.45) is 0 Å². The molecule has 1 amide bonds. The fourth-order valence-electron chi connectivity index (χ4n) is 1.36. The predicted molar refractivity (Wildman–Crippen MR) is 63.2 cm³/mol. The van der Waals surface area contributed by atoms with E-state index in [2.05, 4.69) is 5.32 Å². The SMILES string of the molecule is CC(Cl)CCCNC(=O)c1cccc(F)c1F. The third kappa shape index (κ3) is 4.30. The number of carbonyl (C=O) groups excluding carboxylic acids is 1. The van der Waals surface area contributed by atoms with Crippen molar-refractivity contribution in [2.75, 3.05) is 6.54 Å². The first kappa shape index (κ1) is 13.9. The second-order valence-corrected chi connectivity index (χ2v) is 4.53. The van der Waals surface area contributed by atoms with Crippen molar-refractivity contribution in [3.63, 3.8) is 0 Å². The standard InChI is InChI=1S/C12H14ClF2NO/c1-8(13)4-3-7-16-12(17)9-5-2-6-10(14)11(9)15/h2,5-6,8H,3-4,7H2,1H3,(H,16,17). The lowest BCUT2D eigenvalue weighted by atomic mass is 10.2. The summed E-state index contributed by atoms with van der Waals surface area (Å²) in [7, 11) is 0. The van der Waals surface area contributed by atoms with Gasteiger partial charge in [-0.25, -0.2) is 8.78 Å². The van der Waals surface area contributed by atoms with Crippen LogP contribution >= 0.6 is 11.6 Å². The largest absolute Gasteiger partial charge is 0.352 e. The molecule has 1 N–H and O–H groups in total. The topological polar surface area (TPSA) is 29.1 Å². The van der Waals surface area contributed by atoms with E-state index >= 15 is 0 Å². The normalized spacial score (nSPS) is 12.2. The molecular weight excluding hydrogens is 248 g/mol. The number of benzene rings is 1. The van der Waals surface area contributed by atoms with Crippen LogP contribution in [0.2, 0.25) is 0 Å². The molecule has 1 atom stereocenters. The molecule has 0 aliphatic carbocycles. The van der Waals surface area contributed by atoms with Crippen molar-refractivity contribution in [1.29, 1.82) is 0 Å². The van der Waals surface area contributed by atoms with Gasteiger partial charge >= 0.3 is 0 Å². The third-order valence-corrected chi connectivity index (χ3v) is 2.48. The minimum Gasteiger partial charge on any atom is -0.352 e. The van der Waals surface area contributed by atoms with Crippen LogP contribution < -0.4 is 5.32 Å². The van der Waals surface area contributed by atoms with Crippen molar-refractivity contribution >= 4 is 17.5 Å². The zero-order valence-corrected chi connectivity index (χ0v) is 10.2. The van der Waals surface area contributed by atoms with Gasteiger partial charge in [0.15, 0.2) is 11.6 Å². The summed E-state index contributed by atoms with van der Waals surface area (Å²) in [5, 5.41) is 2.56. The lowest BCUT2D eigenvalue weighted by Gasteiger charge is -2.07. The summed E-state index contributed by atoms with van der Waals surface area (Å²) in [4.78, 5) is 11.5. The lowest BCUT2D eigenvalue weighted by Crippen LogP contribution is -2.26. The minimum atomic E-state index is -1.12. The Labute approximate surface area is 104 Å². The van der Waals surface area contributed by atoms with Gasteiger partial charge in [-0.1, -0.05) is 6.07 Å². The molecule has 0 aromatic heterocycles. The maximum atomic E-state index is 13.2. The molecule has 0 heterocycles. The average Bonchev–Trinajstić information content (AvgIpc) is 2.27. The molecule has 0 aliphatic rings. The summed E-state index contributed by atoms with van der Waals surface area (Å²) in [5.74, 6) is -2.74. The van der Waals surface area contributed by atoms with Gasteiger partial charge in [0, 0.05) is 11.9 Å². The number of halogens is 3. The van der Waals surface area contributed by atoms with Crippen LogP contribution in [0.3, 0.4) is 0 Å². The van der Waals surface area contributed by atoms with E-state index in [-0.39, 0.29) is 10.9 Å². The van der Waals surface area contributed by atoms with E-state index < -0.39 is 17.5 Å². The zero-order valence-electron chi connectivity index (χ0n) is 9.47. The second kappa shape index (κ2) is 6.55. The molecule has 1 aromatic carbocycles. The van der Waals surface area contributed by atoms with Gasteiger partial charge in [0.1, 0.15) is 0 Å². The van der Waals surface area contributed by atoms with E-state index in [9.17, 15) is 13.6 Å². The maximum Gasteiger partial charge on any atom is 0.254 e. The van der Waals surface area contributed by atoms with Gasteiger partial charge in [-0.2, -0.15) is 0 Å². The Morgan fingerprint density at radius 2 is 2.18 bits per heavy atom. The van der Waals surface area contributed by atoms with Crippen molar-refractivity contribution < 1.29 is 13.6 Å². The Balaban J connectivity index is 2.50. The summed E-state index contributed by atoms with van der Waals surface area (Å²) in [6.07, 6.45) is 1.46. The Bertz CT molecular complexity index is 396. The van der Waals surface area contributed by atoms with E-state index in [1.807, 2.05) is 6.92 Å². The summed E-state index contributed by atoms with van der Waals surface area (Å²) >= 11 is 5.73. The van der Waals surface area contributed by atoms with Crippen LogP contribution in [-0.2, 0) is 0 Å². The number of hydrogen-bond acceptors (Lipinski definition) is 1. The van der Waals surface area contributed by atoms with E-state index in [1.165, 1.54) is 12.1 Å². The van der Waals surface area contributed by atoms with Crippen LogP contribution in [0, 0.1) is 11.6 Å². The molecule has 2 nitrogen and oxygen atoms in total. The molecule has 5 heteroatoms. The highest BCUT2D eigenvalue weighted by molar-refractivity contribution is 6.20. The van der Waals surface area contributed by atoms with Crippen molar-refractivity contribution in [1.82, 2.24) is 5.32 Å². The third-order valence-electron chi connectivity index (χ3n) is 2.26. The second-order valence-electron chi connectivity index (χ2n) is 3.78. The number of nitrogens with one attached hydrogen (secondary N) is 1. The van der Waals surface area contributed by atoms with Crippen LogP contribution in [0.5, 0.6) is 0 Å². The van der Waals surface area contributed by atoms with Gasteiger partial charge in [0.05, 0.1) is 5.56 Å². The fraction of sp³-hybridized carbons (Fsp3) is 0.417. The molecule has 0 aliphatic heterocycles. The molecule has 0 saturated carbocycles. The summed E-state index contributed by atoms with van der Waals surface area (Å²) in [6.45, 7) is 2.25. The van der Waals surface area contributed by atoms with E-state index in [0.29, 0.717) is 13.0 Å². The van der Waals surface area contributed by atoms with Crippen LogP contribution in [0.1, 0.15) is 30.1 Å². The molecule has 1 rings (SSSR count). The van der Waals surface area contributed by atoms with Crippen molar-refractivity contribution in [2.45, 2.75) is 25.1 Å². The Morgan fingerprint density at radius 3 is 2.82 bits per heavy atom. The molecule has 0 fully saturated rings. The first-order valence-corrected chi connectivity index (χ1v) is 5.82. The maximum absolute atomic E-state index is 13.2. The van der Waals surface area contributed by atoms with Crippen LogP contribution in [-0.4, -0.2) is 17.8 Å². The number of alkyl halides is 1. The highest BCUT2D eigenvalue weighted by atomic mass is 35.5. The molecule has 1 aromatic rings. The van der Waals surface area contributed by atoms with E-state index in [0.717, 1.165) is 12.5 Å². The summed E-state index contributed by atoms with van der Waals surface area (Å²) in [5.41, 5.74) is -0.274. The molecule has 0 spiro atoms. The molecule has 0 bridgehead atoms. The number of amides is 1. The predicted octanol–water partition coefficient (Wildman–Crippen LogP) is 3.10. The van der Waals surface area contributed by atoms with Gasteiger partial charge in [-0.15, -0.1) is 11.6 Å². The fourth-order valence-corrected chi connectivity index (χ4v) is 1.51. The van der Waals surface area contributed by atoms with Crippen LogP contribution in [0.4, 0.5) is 8.78 Å².